The van der Waals surface area contributed by atoms with E-state index in [0.717, 1.165) is 31.1 Å². The highest BCUT2D eigenvalue weighted by Gasteiger charge is 2.50. The van der Waals surface area contributed by atoms with E-state index in [1.54, 1.807) is 6.92 Å². The maximum absolute atomic E-state index is 12.6. The molecule has 3 amide bonds. The molecule has 27 heavy (non-hydrogen) atoms. The summed E-state index contributed by atoms with van der Waals surface area (Å²) in [6.07, 6.45) is -0.752. The van der Waals surface area contributed by atoms with Crippen LogP contribution in [-0.4, -0.2) is 77.8 Å². The Morgan fingerprint density at radius 1 is 1.07 bits per heavy atom. The molecule has 0 aromatic heterocycles. The Kier molecular flexibility index (Phi) is 5.72. The number of aliphatic hydroxyl groups is 1. The highest BCUT2D eigenvalue weighted by molar-refractivity contribution is 6.07. The van der Waals surface area contributed by atoms with Crippen molar-refractivity contribution in [3.05, 3.63) is 30.3 Å². The van der Waals surface area contributed by atoms with E-state index in [-0.39, 0.29) is 18.4 Å². The smallest absolute Gasteiger partial charge is 0.325 e. The van der Waals surface area contributed by atoms with E-state index in [9.17, 15) is 14.7 Å². The minimum absolute atomic E-state index is 0.0119. The largest absolute Gasteiger partial charge is 0.390 e. The number of anilines is 1. The fraction of sp³-hybridized carbons (Fsp3) is 0.600. The summed E-state index contributed by atoms with van der Waals surface area (Å²) in [5.74, 6) is -0.266. The summed E-state index contributed by atoms with van der Waals surface area (Å²) >= 11 is 0. The molecule has 2 N–H and O–H groups in total. The zero-order valence-corrected chi connectivity index (χ0v) is 16.4. The first-order valence-electron chi connectivity index (χ1n) is 9.66. The number of hydrogen-bond acceptors (Lipinski definition) is 5. The summed E-state index contributed by atoms with van der Waals surface area (Å²) in [7, 11) is 0. The van der Waals surface area contributed by atoms with Gasteiger partial charge in [0.25, 0.3) is 5.91 Å². The third-order valence-corrected chi connectivity index (χ3v) is 5.81. The first-order chi connectivity index (χ1) is 12.8. The summed E-state index contributed by atoms with van der Waals surface area (Å²) in [5.41, 5.74) is 0.322. The van der Waals surface area contributed by atoms with E-state index in [1.165, 1.54) is 5.69 Å². The van der Waals surface area contributed by atoms with Crippen LogP contribution in [0.3, 0.4) is 0 Å². The van der Waals surface area contributed by atoms with E-state index < -0.39 is 17.7 Å². The van der Waals surface area contributed by atoms with E-state index in [2.05, 4.69) is 27.2 Å². The number of amides is 3. The van der Waals surface area contributed by atoms with Gasteiger partial charge in [0.2, 0.25) is 0 Å². The van der Waals surface area contributed by atoms with Crippen molar-refractivity contribution >= 4 is 17.6 Å². The highest BCUT2D eigenvalue weighted by Crippen LogP contribution is 2.25. The van der Waals surface area contributed by atoms with Crippen LogP contribution in [0.5, 0.6) is 0 Å². The molecular weight excluding hydrogens is 344 g/mol. The standard InChI is InChI=1S/C20H30N4O3/c1-15(2)20(3)18(26)24(19(27)21-20)14-17(25)13-22-9-11-23(12-10-22)16-7-5-4-6-8-16/h4-8,15,17,25H,9-14H2,1-3H3,(H,21,27)/t17-,20-/m0/s1. The predicted molar refractivity (Wildman–Crippen MR) is 105 cm³/mol. The first kappa shape index (κ1) is 19.6. The number of β-amino-alcohol motifs (C(OH)–C–C–N with tert-alkyl or cyclic N) is 1. The van der Waals surface area contributed by atoms with Gasteiger partial charge < -0.3 is 15.3 Å². The number of para-hydroxylation sites is 1. The molecule has 2 aliphatic rings. The number of piperazine rings is 1. The molecule has 0 spiro atoms. The molecule has 0 aliphatic carbocycles. The number of carbonyl (C=O) groups excluding carboxylic acids is 2. The number of aliphatic hydroxyl groups excluding tert-OH is 1. The summed E-state index contributed by atoms with van der Waals surface area (Å²) < 4.78 is 0. The number of rotatable bonds is 6. The molecule has 2 aliphatic heterocycles. The van der Waals surface area contributed by atoms with Crippen LogP contribution in [0.1, 0.15) is 20.8 Å². The molecule has 0 radical (unpaired) electrons. The average molecular weight is 374 g/mol. The zero-order chi connectivity index (χ0) is 19.6. The van der Waals surface area contributed by atoms with E-state index in [4.69, 9.17) is 0 Å². The second-order valence-electron chi connectivity index (χ2n) is 7.98. The third kappa shape index (κ3) is 4.09. The predicted octanol–water partition coefficient (Wildman–Crippen LogP) is 1.14. The van der Waals surface area contributed by atoms with Crippen LogP contribution in [0, 0.1) is 5.92 Å². The van der Waals surface area contributed by atoms with Crippen molar-refractivity contribution in [2.24, 2.45) is 5.92 Å². The van der Waals surface area contributed by atoms with Crippen LogP contribution in [0.2, 0.25) is 0 Å². The number of nitrogens with zero attached hydrogens (tertiary/aromatic N) is 3. The van der Waals surface area contributed by atoms with Gasteiger partial charge in [-0.2, -0.15) is 0 Å². The maximum Gasteiger partial charge on any atom is 0.325 e. The van der Waals surface area contributed by atoms with Crippen LogP contribution in [0.15, 0.2) is 30.3 Å². The summed E-state index contributed by atoms with van der Waals surface area (Å²) in [6.45, 7) is 9.52. The molecule has 148 valence electrons. The highest BCUT2D eigenvalue weighted by atomic mass is 16.3. The molecule has 0 saturated carbocycles. The molecule has 2 atom stereocenters. The second-order valence-corrected chi connectivity index (χ2v) is 7.98. The number of imide groups is 1. The SMILES string of the molecule is CC(C)[C@]1(C)NC(=O)N(C[C@@H](O)CN2CCN(c3ccccc3)CC2)C1=O. The number of carbonyl (C=O) groups is 2. The lowest BCUT2D eigenvalue weighted by atomic mass is 9.88. The molecule has 2 fully saturated rings. The van der Waals surface area contributed by atoms with Gasteiger partial charge in [0.1, 0.15) is 5.54 Å². The molecule has 0 unspecified atom stereocenters. The third-order valence-electron chi connectivity index (χ3n) is 5.81. The second kappa shape index (κ2) is 7.86. The normalized spacial score (nSPS) is 25.2. The van der Waals surface area contributed by atoms with Crippen LogP contribution < -0.4 is 10.2 Å². The fourth-order valence-corrected chi connectivity index (χ4v) is 3.67. The van der Waals surface area contributed by atoms with E-state index >= 15 is 0 Å². The van der Waals surface area contributed by atoms with Gasteiger partial charge in [-0.3, -0.25) is 14.6 Å². The van der Waals surface area contributed by atoms with Crippen molar-refractivity contribution in [1.29, 1.82) is 0 Å². The van der Waals surface area contributed by atoms with E-state index in [0.29, 0.717) is 6.54 Å². The molecule has 0 bridgehead atoms. The van der Waals surface area contributed by atoms with Crippen molar-refractivity contribution < 1.29 is 14.7 Å². The summed E-state index contributed by atoms with van der Waals surface area (Å²) in [6, 6.07) is 9.88. The van der Waals surface area contributed by atoms with Crippen LogP contribution in [0.4, 0.5) is 10.5 Å². The lowest BCUT2D eigenvalue weighted by Gasteiger charge is -2.37. The Morgan fingerprint density at radius 2 is 1.70 bits per heavy atom. The Balaban J connectivity index is 1.50. The minimum atomic E-state index is -0.891. The molecular formula is C20H30N4O3. The molecule has 3 rings (SSSR count). The first-order valence-corrected chi connectivity index (χ1v) is 9.66. The quantitative estimate of drug-likeness (QED) is 0.730. The van der Waals surface area contributed by atoms with Gasteiger partial charge in [-0.25, -0.2) is 4.79 Å². The van der Waals surface area contributed by atoms with Gasteiger partial charge in [0.05, 0.1) is 12.6 Å². The van der Waals surface area contributed by atoms with Crippen LogP contribution >= 0.6 is 0 Å². The Hall–Kier alpha value is -2.12. The monoisotopic (exact) mass is 374 g/mol. The van der Waals surface area contributed by atoms with Gasteiger partial charge in [-0.15, -0.1) is 0 Å². The molecule has 7 nitrogen and oxygen atoms in total. The fourth-order valence-electron chi connectivity index (χ4n) is 3.67. The Morgan fingerprint density at radius 3 is 2.26 bits per heavy atom. The molecule has 2 saturated heterocycles. The van der Waals surface area contributed by atoms with Crippen LogP contribution in [0.25, 0.3) is 0 Å². The number of urea groups is 1. The molecule has 7 heteroatoms. The van der Waals surface area contributed by atoms with Crippen molar-refractivity contribution in [1.82, 2.24) is 15.1 Å². The van der Waals surface area contributed by atoms with Crippen LogP contribution in [-0.2, 0) is 4.79 Å². The Bertz CT molecular complexity index is 673. The number of hydrogen-bond donors (Lipinski definition) is 2. The lowest BCUT2D eigenvalue weighted by molar-refractivity contribution is -0.133. The van der Waals surface area contributed by atoms with Gasteiger partial charge >= 0.3 is 6.03 Å². The van der Waals surface area contributed by atoms with Gasteiger partial charge in [-0.1, -0.05) is 32.0 Å². The zero-order valence-electron chi connectivity index (χ0n) is 16.4. The van der Waals surface area contributed by atoms with Crippen molar-refractivity contribution in [3.8, 4) is 0 Å². The van der Waals surface area contributed by atoms with E-state index in [1.807, 2.05) is 32.0 Å². The Labute approximate surface area is 160 Å². The summed E-state index contributed by atoms with van der Waals surface area (Å²) in [4.78, 5) is 30.5. The van der Waals surface area contributed by atoms with Gasteiger partial charge in [-0.05, 0) is 25.0 Å². The maximum atomic E-state index is 12.6. The number of benzene rings is 1. The van der Waals surface area contributed by atoms with Gasteiger partial charge in [0.15, 0.2) is 0 Å². The lowest BCUT2D eigenvalue weighted by Crippen LogP contribution is -2.51. The molecule has 2 heterocycles. The average Bonchev–Trinajstić information content (AvgIpc) is 2.87. The number of nitrogens with one attached hydrogen (secondary N) is 1. The summed E-state index contributed by atoms with van der Waals surface area (Å²) in [5, 5.41) is 13.2. The van der Waals surface area contributed by atoms with Crippen molar-refractivity contribution in [2.75, 3.05) is 44.2 Å². The molecule has 1 aromatic carbocycles. The van der Waals surface area contributed by atoms with Crippen molar-refractivity contribution in [2.45, 2.75) is 32.4 Å². The topological polar surface area (TPSA) is 76.1 Å². The van der Waals surface area contributed by atoms with Crippen molar-refractivity contribution in [3.63, 3.8) is 0 Å². The minimum Gasteiger partial charge on any atom is -0.390 e. The van der Waals surface area contributed by atoms with Gasteiger partial charge in [0, 0.05) is 38.4 Å². The molecule has 1 aromatic rings.